The number of aromatic amines is 1. The van der Waals surface area contributed by atoms with E-state index < -0.39 is 5.54 Å². The molecule has 0 aliphatic carbocycles. The molecule has 0 bridgehead atoms. The van der Waals surface area contributed by atoms with E-state index in [1.807, 2.05) is 19.9 Å². The van der Waals surface area contributed by atoms with E-state index >= 15 is 0 Å². The van der Waals surface area contributed by atoms with Gasteiger partial charge in [0.2, 0.25) is 5.95 Å². The molecule has 136 valence electrons. The summed E-state index contributed by atoms with van der Waals surface area (Å²) in [4.78, 5) is 20.3. The molecule has 0 unspecified atom stereocenters. The molecule has 0 atom stereocenters. The van der Waals surface area contributed by atoms with Gasteiger partial charge in [0.15, 0.2) is 5.88 Å². The van der Waals surface area contributed by atoms with E-state index in [1.54, 1.807) is 43.0 Å². The van der Waals surface area contributed by atoms with Crippen LogP contribution in [-0.2, 0) is 5.54 Å². The van der Waals surface area contributed by atoms with Crippen LogP contribution in [0.25, 0.3) is 22.2 Å². The van der Waals surface area contributed by atoms with Gasteiger partial charge in [0.25, 0.3) is 0 Å². The third-order valence-electron chi connectivity index (χ3n) is 4.21. The smallest absolute Gasteiger partial charge is 0.223 e. The number of aromatic nitrogens is 5. The van der Waals surface area contributed by atoms with Crippen molar-refractivity contribution in [2.24, 2.45) is 0 Å². The first-order chi connectivity index (χ1) is 12.9. The van der Waals surface area contributed by atoms with Crippen molar-refractivity contribution >= 4 is 28.6 Å². The van der Waals surface area contributed by atoms with Gasteiger partial charge in [-0.3, -0.25) is 9.97 Å². The van der Waals surface area contributed by atoms with E-state index in [0.29, 0.717) is 16.5 Å². The third kappa shape index (κ3) is 3.41. The molecule has 0 radical (unpaired) electrons. The fourth-order valence-electron chi connectivity index (χ4n) is 2.88. The summed E-state index contributed by atoms with van der Waals surface area (Å²) in [6.45, 7) is 3.93. The highest BCUT2D eigenvalue weighted by molar-refractivity contribution is 6.31. The Morgan fingerprint density at radius 3 is 2.52 bits per heavy atom. The molecule has 8 heteroatoms. The van der Waals surface area contributed by atoms with Crippen molar-refractivity contribution in [2.45, 2.75) is 19.4 Å². The lowest BCUT2D eigenvalue weighted by Crippen LogP contribution is -2.30. The van der Waals surface area contributed by atoms with Crippen molar-refractivity contribution in [3.63, 3.8) is 0 Å². The number of aromatic hydroxyl groups is 1. The first-order valence-electron chi connectivity index (χ1n) is 8.32. The molecule has 0 saturated heterocycles. The maximum absolute atomic E-state index is 9.53. The van der Waals surface area contributed by atoms with E-state index in [0.717, 1.165) is 22.3 Å². The molecule has 27 heavy (non-hydrogen) atoms. The van der Waals surface area contributed by atoms with Gasteiger partial charge in [0.1, 0.15) is 0 Å². The summed E-state index contributed by atoms with van der Waals surface area (Å²) < 4.78 is 0. The number of H-pyrrole nitrogens is 1. The molecule has 4 aromatic heterocycles. The number of hydrogen-bond donors (Lipinski definition) is 3. The Bertz CT molecular complexity index is 1110. The maximum atomic E-state index is 9.53. The van der Waals surface area contributed by atoms with Crippen LogP contribution in [0.4, 0.5) is 5.95 Å². The van der Waals surface area contributed by atoms with Crippen LogP contribution in [-0.4, -0.2) is 30.0 Å². The standard InChI is InChI=1S/C19H17ClN6O/c1-19(2,17-13(20)4-3-5-21-17)26-18-23-9-12(10-24-18)11-6-15-14(22-8-11)7-16(27)25-15/h3-10,25,27H,1-2H3,(H,23,24,26). The minimum absolute atomic E-state index is 0.0841. The van der Waals surface area contributed by atoms with E-state index in [-0.39, 0.29) is 5.88 Å². The molecule has 7 nitrogen and oxygen atoms in total. The van der Waals surface area contributed by atoms with Crippen LogP contribution >= 0.6 is 11.6 Å². The predicted octanol–water partition coefficient (Wildman–Crippen LogP) is 4.12. The van der Waals surface area contributed by atoms with Crippen LogP contribution in [0.5, 0.6) is 5.88 Å². The summed E-state index contributed by atoms with van der Waals surface area (Å²) in [5, 5.41) is 13.4. The maximum Gasteiger partial charge on any atom is 0.223 e. The first kappa shape index (κ1) is 17.2. The highest BCUT2D eigenvalue weighted by Gasteiger charge is 2.25. The molecule has 0 aliphatic rings. The molecule has 4 rings (SSSR count). The van der Waals surface area contributed by atoms with Crippen LogP contribution in [0.1, 0.15) is 19.5 Å². The summed E-state index contributed by atoms with van der Waals surface area (Å²) in [6, 6.07) is 7.07. The summed E-state index contributed by atoms with van der Waals surface area (Å²) in [6.07, 6.45) is 6.86. The number of pyridine rings is 2. The second-order valence-corrected chi connectivity index (χ2v) is 7.10. The molecule has 0 spiro atoms. The monoisotopic (exact) mass is 380 g/mol. The van der Waals surface area contributed by atoms with E-state index in [1.165, 1.54) is 0 Å². The van der Waals surface area contributed by atoms with Gasteiger partial charge in [-0.25, -0.2) is 9.97 Å². The number of nitrogens with one attached hydrogen (secondary N) is 2. The molecule has 0 saturated carbocycles. The number of nitrogens with zero attached hydrogens (tertiary/aromatic N) is 4. The Kier molecular flexibility index (Phi) is 4.16. The third-order valence-corrected chi connectivity index (χ3v) is 4.52. The minimum Gasteiger partial charge on any atom is -0.495 e. The van der Waals surface area contributed by atoms with Crippen molar-refractivity contribution in [1.29, 1.82) is 0 Å². The topological polar surface area (TPSA) is 99.6 Å². The SMILES string of the molecule is CC(C)(Nc1ncc(-c2cnc3cc(O)[nH]c3c2)cn1)c1ncccc1Cl. The fraction of sp³-hybridized carbons (Fsp3) is 0.158. The summed E-state index contributed by atoms with van der Waals surface area (Å²) in [5.74, 6) is 0.554. The lowest BCUT2D eigenvalue weighted by molar-refractivity contribution is 0.458. The summed E-state index contributed by atoms with van der Waals surface area (Å²) in [7, 11) is 0. The van der Waals surface area contributed by atoms with Crippen molar-refractivity contribution in [3.05, 3.63) is 59.8 Å². The van der Waals surface area contributed by atoms with E-state index in [9.17, 15) is 5.11 Å². The average Bonchev–Trinajstić information content (AvgIpc) is 3.01. The number of fused-ring (bicyclic) bond motifs is 1. The highest BCUT2D eigenvalue weighted by Crippen LogP contribution is 2.29. The Morgan fingerprint density at radius 1 is 1.04 bits per heavy atom. The van der Waals surface area contributed by atoms with Crippen LogP contribution in [0.2, 0.25) is 5.02 Å². The van der Waals surface area contributed by atoms with Gasteiger partial charge in [-0.2, -0.15) is 0 Å². The number of rotatable bonds is 4. The Balaban J connectivity index is 1.59. The quantitative estimate of drug-likeness (QED) is 0.492. The molecular formula is C19H17ClN6O. The van der Waals surface area contributed by atoms with Gasteiger partial charge < -0.3 is 15.4 Å². The lowest BCUT2D eigenvalue weighted by Gasteiger charge is -2.26. The van der Waals surface area contributed by atoms with Crippen LogP contribution in [0, 0.1) is 0 Å². The van der Waals surface area contributed by atoms with Gasteiger partial charge in [-0.1, -0.05) is 11.6 Å². The van der Waals surface area contributed by atoms with E-state index in [2.05, 4.69) is 30.2 Å². The van der Waals surface area contributed by atoms with Gasteiger partial charge >= 0.3 is 0 Å². The molecule has 4 aromatic rings. The summed E-state index contributed by atoms with van der Waals surface area (Å²) >= 11 is 6.26. The zero-order chi connectivity index (χ0) is 19.0. The Morgan fingerprint density at radius 2 is 1.78 bits per heavy atom. The Hall–Kier alpha value is -3.19. The Labute approximate surface area is 160 Å². The van der Waals surface area contributed by atoms with Crippen molar-refractivity contribution in [1.82, 2.24) is 24.9 Å². The second-order valence-electron chi connectivity index (χ2n) is 6.69. The van der Waals surface area contributed by atoms with Gasteiger partial charge in [-0.15, -0.1) is 0 Å². The van der Waals surface area contributed by atoms with Crippen molar-refractivity contribution in [2.75, 3.05) is 5.32 Å². The van der Waals surface area contributed by atoms with Crippen LogP contribution in [0.3, 0.4) is 0 Å². The highest BCUT2D eigenvalue weighted by atomic mass is 35.5. The average molecular weight is 381 g/mol. The van der Waals surface area contributed by atoms with Gasteiger partial charge in [0.05, 0.1) is 27.3 Å². The lowest BCUT2D eigenvalue weighted by atomic mass is 10.00. The molecular weight excluding hydrogens is 364 g/mol. The van der Waals surface area contributed by atoms with Crippen molar-refractivity contribution in [3.8, 4) is 17.0 Å². The molecule has 0 amide bonds. The summed E-state index contributed by atoms with van der Waals surface area (Å²) in [5.41, 5.74) is 3.30. The molecule has 4 heterocycles. The zero-order valence-electron chi connectivity index (χ0n) is 14.7. The normalized spacial score (nSPS) is 11.7. The number of halogens is 1. The van der Waals surface area contributed by atoms with E-state index in [4.69, 9.17) is 11.6 Å². The van der Waals surface area contributed by atoms with Crippen molar-refractivity contribution < 1.29 is 5.11 Å². The number of anilines is 1. The van der Waals surface area contributed by atoms with Crippen LogP contribution < -0.4 is 5.32 Å². The predicted molar refractivity (Wildman–Crippen MR) is 105 cm³/mol. The van der Waals surface area contributed by atoms with Gasteiger partial charge in [0, 0.05) is 42.0 Å². The first-order valence-corrected chi connectivity index (χ1v) is 8.69. The molecule has 0 fully saturated rings. The fourth-order valence-corrected chi connectivity index (χ4v) is 3.24. The van der Waals surface area contributed by atoms with Gasteiger partial charge in [-0.05, 0) is 32.0 Å². The number of hydrogen-bond acceptors (Lipinski definition) is 6. The second kappa shape index (κ2) is 6.51. The molecule has 3 N–H and O–H groups in total. The molecule has 0 aliphatic heterocycles. The van der Waals surface area contributed by atoms with Crippen LogP contribution in [0.15, 0.2) is 49.1 Å². The minimum atomic E-state index is -0.540. The largest absolute Gasteiger partial charge is 0.495 e. The zero-order valence-corrected chi connectivity index (χ0v) is 15.5. The molecule has 0 aromatic carbocycles.